The maximum Gasteiger partial charge on any atom is -0.00998 e. The fourth-order valence-corrected chi connectivity index (χ4v) is 3.01. The largest absolute Gasteiger partial charge is 0.0620 e. The molecule has 0 saturated heterocycles. The van der Waals surface area contributed by atoms with Crippen LogP contribution in [0.3, 0.4) is 0 Å². The zero-order chi connectivity index (χ0) is 15.7. The van der Waals surface area contributed by atoms with E-state index in [0.717, 1.165) is 0 Å². The molecule has 0 spiro atoms. The number of hydrogen-bond donors (Lipinski definition) is 0. The van der Waals surface area contributed by atoms with E-state index in [9.17, 15) is 0 Å². The average Bonchev–Trinajstić information content (AvgIpc) is 2.51. The first-order valence-electron chi connectivity index (χ1n) is 7.81. The first-order valence-corrected chi connectivity index (χ1v) is 7.81. The van der Waals surface area contributed by atoms with Gasteiger partial charge in [0.25, 0.3) is 0 Å². The second kappa shape index (κ2) is 5.81. The summed E-state index contributed by atoms with van der Waals surface area (Å²) in [5.74, 6) is 0. The Balaban J connectivity index is 2.33. The summed E-state index contributed by atoms with van der Waals surface area (Å²) in [6, 6.07) is 21.9. The smallest absolute Gasteiger partial charge is 0.00998 e. The lowest BCUT2D eigenvalue weighted by Crippen LogP contribution is -1.93. The van der Waals surface area contributed by atoms with E-state index in [2.05, 4.69) is 88.4 Å². The van der Waals surface area contributed by atoms with Crippen LogP contribution in [0.1, 0.15) is 22.3 Å². The molecule has 0 atom stereocenters. The van der Waals surface area contributed by atoms with E-state index in [1.165, 1.54) is 44.5 Å². The average molecular weight is 286 g/mol. The first kappa shape index (κ1) is 14.6. The van der Waals surface area contributed by atoms with Gasteiger partial charge in [-0.1, -0.05) is 60.7 Å². The maximum atomic E-state index is 2.33. The molecule has 0 aliphatic rings. The van der Waals surface area contributed by atoms with Gasteiger partial charge in [-0.25, -0.2) is 0 Å². The van der Waals surface area contributed by atoms with E-state index < -0.39 is 0 Å². The molecule has 0 aliphatic carbocycles. The van der Waals surface area contributed by atoms with Gasteiger partial charge in [-0.05, 0) is 72.2 Å². The standard InChI is InChI=1S/C22H22/c1-15-9-5-7-11-19(15)21-13-17(3)18(4)14-22(21)20-12-8-6-10-16(20)2/h5-14H,1-4H3. The van der Waals surface area contributed by atoms with Crippen LogP contribution >= 0.6 is 0 Å². The molecule has 0 aliphatic heterocycles. The minimum Gasteiger partial charge on any atom is -0.0620 e. The van der Waals surface area contributed by atoms with Crippen LogP contribution in [0, 0.1) is 27.7 Å². The molecular weight excluding hydrogens is 264 g/mol. The lowest BCUT2D eigenvalue weighted by molar-refractivity contribution is 1.33. The number of benzene rings is 3. The summed E-state index contributed by atoms with van der Waals surface area (Å²) in [5.41, 5.74) is 10.6. The van der Waals surface area contributed by atoms with Gasteiger partial charge in [0, 0.05) is 0 Å². The molecule has 0 N–H and O–H groups in total. The molecule has 110 valence electrons. The number of aryl methyl sites for hydroxylation is 4. The molecular formula is C22H22. The third-order valence-electron chi connectivity index (χ3n) is 4.50. The maximum absolute atomic E-state index is 2.33. The van der Waals surface area contributed by atoms with Crippen LogP contribution in [0.2, 0.25) is 0 Å². The molecule has 0 aromatic heterocycles. The zero-order valence-corrected chi connectivity index (χ0v) is 13.8. The summed E-state index contributed by atoms with van der Waals surface area (Å²) in [7, 11) is 0. The van der Waals surface area contributed by atoms with Crippen molar-refractivity contribution in [2.75, 3.05) is 0 Å². The highest BCUT2D eigenvalue weighted by Gasteiger charge is 2.12. The van der Waals surface area contributed by atoms with Crippen LogP contribution in [0.4, 0.5) is 0 Å². The predicted molar refractivity (Wildman–Crippen MR) is 96.3 cm³/mol. The highest BCUT2D eigenvalue weighted by Crippen LogP contribution is 2.37. The molecule has 0 amide bonds. The molecule has 0 nitrogen and oxygen atoms in total. The molecule has 3 rings (SSSR count). The topological polar surface area (TPSA) is 0 Å². The molecule has 3 aromatic carbocycles. The fraction of sp³-hybridized carbons (Fsp3) is 0.182. The van der Waals surface area contributed by atoms with Gasteiger partial charge in [0.2, 0.25) is 0 Å². The van der Waals surface area contributed by atoms with Gasteiger partial charge in [-0.15, -0.1) is 0 Å². The molecule has 0 radical (unpaired) electrons. The minimum atomic E-state index is 1.32. The molecule has 0 fully saturated rings. The van der Waals surface area contributed by atoms with Crippen LogP contribution < -0.4 is 0 Å². The van der Waals surface area contributed by atoms with Crippen LogP contribution in [-0.2, 0) is 0 Å². The van der Waals surface area contributed by atoms with E-state index in [1.54, 1.807) is 0 Å². The highest BCUT2D eigenvalue weighted by atomic mass is 14.2. The number of rotatable bonds is 2. The molecule has 0 heteroatoms. The van der Waals surface area contributed by atoms with Crippen LogP contribution in [-0.4, -0.2) is 0 Å². The van der Waals surface area contributed by atoms with E-state index in [0.29, 0.717) is 0 Å². The molecule has 22 heavy (non-hydrogen) atoms. The van der Waals surface area contributed by atoms with Gasteiger partial charge in [0.05, 0.1) is 0 Å². The summed E-state index contributed by atoms with van der Waals surface area (Å²) >= 11 is 0. The molecule has 0 unspecified atom stereocenters. The van der Waals surface area contributed by atoms with Crippen LogP contribution in [0.15, 0.2) is 60.7 Å². The molecule has 0 heterocycles. The Morgan fingerprint density at radius 2 is 0.773 bits per heavy atom. The Morgan fingerprint density at radius 3 is 1.14 bits per heavy atom. The quantitative estimate of drug-likeness (QED) is 0.522. The fourth-order valence-electron chi connectivity index (χ4n) is 3.01. The van der Waals surface area contributed by atoms with Crippen molar-refractivity contribution in [3.05, 3.63) is 82.9 Å². The highest BCUT2D eigenvalue weighted by molar-refractivity contribution is 5.87. The molecule has 0 saturated carbocycles. The van der Waals surface area contributed by atoms with Crippen molar-refractivity contribution in [1.29, 1.82) is 0 Å². The van der Waals surface area contributed by atoms with Crippen LogP contribution in [0.5, 0.6) is 0 Å². The van der Waals surface area contributed by atoms with E-state index in [-0.39, 0.29) is 0 Å². The van der Waals surface area contributed by atoms with Crippen molar-refractivity contribution in [2.45, 2.75) is 27.7 Å². The normalized spacial score (nSPS) is 10.7. The van der Waals surface area contributed by atoms with Crippen molar-refractivity contribution in [2.24, 2.45) is 0 Å². The molecule has 3 aromatic rings. The van der Waals surface area contributed by atoms with Gasteiger partial charge in [-0.3, -0.25) is 0 Å². The van der Waals surface area contributed by atoms with Crippen molar-refractivity contribution in [3.8, 4) is 22.3 Å². The summed E-state index contributed by atoms with van der Waals surface area (Å²) in [6.45, 7) is 8.76. The third-order valence-corrected chi connectivity index (χ3v) is 4.50. The third kappa shape index (κ3) is 2.57. The van der Waals surface area contributed by atoms with E-state index in [4.69, 9.17) is 0 Å². The van der Waals surface area contributed by atoms with E-state index in [1.807, 2.05) is 0 Å². The van der Waals surface area contributed by atoms with Crippen LogP contribution in [0.25, 0.3) is 22.3 Å². The summed E-state index contributed by atoms with van der Waals surface area (Å²) < 4.78 is 0. The Hall–Kier alpha value is -2.34. The second-order valence-corrected chi connectivity index (χ2v) is 6.11. The van der Waals surface area contributed by atoms with Gasteiger partial charge in [0.15, 0.2) is 0 Å². The molecule has 0 bridgehead atoms. The monoisotopic (exact) mass is 286 g/mol. The number of hydrogen-bond acceptors (Lipinski definition) is 0. The van der Waals surface area contributed by atoms with Gasteiger partial charge in [0.1, 0.15) is 0 Å². The van der Waals surface area contributed by atoms with Crippen molar-refractivity contribution in [3.63, 3.8) is 0 Å². The Morgan fingerprint density at radius 1 is 0.409 bits per heavy atom. The lowest BCUT2D eigenvalue weighted by atomic mass is 9.87. The Bertz CT molecular complexity index is 755. The minimum absolute atomic E-state index is 1.32. The second-order valence-electron chi connectivity index (χ2n) is 6.11. The Labute approximate surface area is 133 Å². The van der Waals surface area contributed by atoms with Gasteiger partial charge >= 0.3 is 0 Å². The SMILES string of the molecule is Cc1cc(-c2ccccc2C)c(-c2ccccc2C)cc1C. The summed E-state index contributed by atoms with van der Waals surface area (Å²) in [6.07, 6.45) is 0. The van der Waals surface area contributed by atoms with E-state index >= 15 is 0 Å². The predicted octanol–water partition coefficient (Wildman–Crippen LogP) is 6.25. The van der Waals surface area contributed by atoms with Crippen molar-refractivity contribution >= 4 is 0 Å². The lowest BCUT2D eigenvalue weighted by Gasteiger charge is -2.17. The Kier molecular flexibility index (Phi) is 3.85. The first-order chi connectivity index (χ1) is 10.6. The van der Waals surface area contributed by atoms with Gasteiger partial charge in [-0.2, -0.15) is 0 Å². The summed E-state index contributed by atoms with van der Waals surface area (Å²) in [4.78, 5) is 0. The van der Waals surface area contributed by atoms with Crippen molar-refractivity contribution in [1.82, 2.24) is 0 Å². The summed E-state index contributed by atoms with van der Waals surface area (Å²) in [5, 5.41) is 0. The zero-order valence-electron chi connectivity index (χ0n) is 13.8. The van der Waals surface area contributed by atoms with Gasteiger partial charge < -0.3 is 0 Å². The van der Waals surface area contributed by atoms with Crippen molar-refractivity contribution < 1.29 is 0 Å².